The summed E-state index contributed by atoms with van der Waals surface area (Å²) < 4.78 is 7.47. The number of imidazole rings is 1. The van der Waals surface area contributed by atoms with E-state index in [1.807, 2.05) is 41.9 Å². The third-order valence-corrected chi connectivity index (χ3v) is 4.56. The summed E-state index contributed by atoms with van der Waals surface area (Å²) in [6.07, 6.45) is 3.43. The lowest BCUT2D eigenvalue weighted by Crippen LogP contribution is -2.34. The number of nitrogens with zero attached hydrogens (tertiary/aromatic N) is 2. The zero-order valence-electron chi connectivity index (χ0n) is 15.0. The largest absolute Gasteiger partial charge is 0.507 e. The van der Waals surface area contributed by atoms with Crippen molar-refractivity contribution in [3.8, 4) is 5.75 Å². The predicted octanol–water partition coefficient (Wildman–Crippen LogP) is 2.95. The molecule has 0 aliphatic rings. The zero-order valence-corrected chi connectivity index (χ0v) is 16.6. The summed E-state index contributed by atoms with van der Waals surface area (Å²) in [5.41, 5.74) is 0.826. The van der Waals surface area contributed by atoms with E-state index < -0.39 is 24.5 Å². The van der Waals surface area contributed by atoms with Gasteiger partial charge in [0.15, 0.2) is 6.61 Å². The van der Waals surface area contributed by atoms with Crippen LogP contribution in [0.15, 0.2) is 65.4 Å². The number of carbonyl (C=O) groups excluding carboxylic acids is 2. The van der Waals surface area contributed by atoms with Gasteiger partial charge in [0.1, 0.15) is 23.2 Å². The van der Waals surface area contributed by atoms with Crippen LogP contribution in [-0.2, 0) is 16.6 Å². The van der Waals surface area contributed by atoms with Crippen molar-refractivity contribution < 1.29 is 19.4 Å². The van der Waals surface area contributed by atoms with E-state index in [1.54, 1.807) is 18.5 Å². The highest BCUT2D eigenvalue weighted by molar-refractivity contribution is 9.10. The predicted molar refractivity (Wildman–Crippen MR) is 106 cm³/mol. The maximum atomic E-state index is 12.4. The van der Waals surface area contributed by atoms with Gasteiger partial charge in [-0.05, 0) is 23.8 Å². The molecule has 2 aromatic carbocycles. The molecule has 0 saturated heterocycles. The van der Waals surface area contributed by atoms with Crippen molar-refractivity contribution >= 4 is 27.8 Å². The van der Waals surface area contributed by atoms with Gasteiger partial charge in [-0.15, -0.1) is 0 Å². The number of carbonyl (C=O) groups is 2. The van der Waals surface area contributed by atoms with Crippen molar-refractivity contribution in [3.05, 3.63) is 82.3 Å². The molecule has 28 heavy (non-hydrogen) atoms. The van der Waals surface area contributed by atoms with Crippen LogP contribution in [0.25, 0.3) is 0 Å². The smallest absolute Gasteiger partial charge is 0.342 e. The topological polar surface area (TPSA) is 93.5 Å². The summed E-state index contributed by atoms with van der Waals surface area (Å²) >= 11 is 3.22. The molecule has 3 aromatic rings. The third kappa shape index (κ3) is 4.58. The summed E-state index contributed by atoms with van der Waals surface area (Å²) in [5.74, 6) is -0.846. The number of rotatable bonds is 6. The molecular formula is C20H18BrN3O4. The van der Waals surface area contributed by atoms with Crippen LogP contribution in [0.2, 0.25) is 0 Å². The molecule has 0 unspecified atom stereocenters. The Labute approximate surface area is 170 Å². The molecule has 0 aliphatic carbocycles. The van der Waals surface area contributed by atoms with E-state index in [1.165, 1.54) is 12.1 Å². The number of hydrogen-bond acceptors (Lipinski definition) is 5. The minimum Gasteiger partial charge on any atom is -0.507 e. The summed E-state index contributed by atoms with van der Waals surface area (Å²) in [7, 11) is 1.83. The lowest BCUT2D eigenvalue weighted by molar-refractivity contribution is -0.124. The normalized spacial score (nSPS) is 11.6. The monoisotopic (exact) mass is 443 g/mol. The summed E-state index contributed by atoms with van der Waals surface area (Å²) in [4.78, 5) is 28.9. The number of ether oxygens (including phenoxy) is 1. The van der Waals surface area contributed by atoms with Crippen molar-refractivity contribution in [3.63, 3.8) is 0 Å². The number of nitrogens with one attached hydrogen (secondary N) is 1. The average molecular weight is 444 g/mol. The van der Waals surface area contributed by atoms with E-state index in [-0.39, 0.29) is 11.3 Å². The minimum atomic E-state index is -0.790. The van der Waals surface area contributed by atoms with Crippen molar-refractivity contribution in [1.82, 2.24) is 14.9 Å². The number of aromatic hydroxyl groups is 1. The maximum absolute atomic E-state index is 12.4. The standard InChI is InChI=1S/C20H18BrN3O4/c1-24-10-9-22-19(24)18(13-5-3-2-4-6-13)23-17(26)12-28-20(27)15-11-14(21)7-8-16(15)25/h2-11,18,25H,12H2,1H3,(H,23,26)/t18-/m1/s1. The van der Waals surface area contributed by atoms with Gasteiger partial charge in [0, 0.05) is 23.9 Å². The summed E-state index contributed by atoms with van der Waals surface area (Å²) in [5, 5.41) is 12.6. The molecular weight excluding hydrogens is 426 g/mol. The number of aryl methyl sites for hydroxylation is 1. The number of esters is 1. The SMILES string of the molecule is Cn1ccnc1[C@H](NC(=O)COC(=O)c1cc(Br)ccc1O)c1ccccc1. The molecule has 7 nitrogen and oxygen atoms in total. The highest BCUT2D eigenvalue weighted by Crippen LogP contribution is 2.23. The van der Waals surface area contributed by atoms with E-state index >= 15 is 0 Å². The Morgan fingerprint density at radius 3 is 2.68 bits per heavy atom. The number of amides is 1. The van der Waals surface area contributed by atoms with E-state index in [2.05, 4.69) is 26.2 Å². The van der Waals surface area contributed by atoms with E-state index in [0.29, 0.717) is 10.3 Å². The van der Waals surface area contributed by atoms with Gasteiger partial charge < -0.3 is 19.7 Å². The van der Waals surface area contributed by atoms with Crippen LogP contribution in [0.5, 0.6) is 5.75 Å². The molecule has 1 heterocycles. The molecule has 2 N–H and O–H groups in total. The molecule has 144 valence electrons. The Hall–Kier alpha value is -3.13. The van der Waals surface area contributed by atoms with Crippen LogP contribution in [0.3, 0.4) is 0 Å². The molecule has 0 bridgehead atoms. The Balaban J connectivity index is 1.70. The fraction of sp³-hybridized carbons (Fsp3) is 0.150. The zero-order chi connectivity index (χ0) is 20.1. The van der Waals surface area contributed by atoms with Crippen molar-refractivity contribution in [2.24, 2.45) is 7.05 Å². The van der Waals surface area contributed by atoms with Crippen LogP contribution in [0.4, 0.5) is 0 Å². The summed E-state index contributed by atoms with van der Waals surface area (Å²) in [6, 6.07) is 13.3. The quantitative estimate of drug-likeness (QED) is 0.571. The van der Waals surface area contributed by atoms with Gasteiger partial charge in [-0.3, -0.25) is 4.79 Å². The molecule has 0 radical (unpaired) electrons. The molecule has 1 atom stereocenters. The van der Waals surface area contributed by atoms with Gasteiger partial charge in [-0.1, -0.05) is 46.3 Å². The lowest BCUT2D eigenvalue weighted by Gasteiger charge is -2.19. The average Bonchev–Trinajstić information content (AvgIpc) is 3.12. The highest BCUT2D eigenvalue weighted by atomic mass is 79.9. The highest BCUT2D eigenvalue weighted by Gasteiger charge is 2.22. The van der Waals surface area contributed by atoms with Crippen LogP contribution in [-0.4, -0.2) is 33.1 Å². The second kappa shape index (κ2) is 8.71. The van der Waals surface area contributed by atoms with Gasteiger partial charge in [-0.2, -0.15) is 0 Å². The first-order valence-corrected chi connectivity index (χ1v) is 9.22. The number of phenols is 1. The maximum Gasteiger partial charge on any atom is 0.342 e. The molecule has 3 rings (SSSR count). The Morgan fingerprint density at radius 1 is 1.25 bits per heavy atom. The van der Waals surface area contributed by atoms with Gasteiger partial charge in [0.05, 0.1) is 0 Å². The third-order valence-electron chi connectivity index (χ3n) is 4.07. The van der Waals surface area contributed by atoms with E-state index in [0.717, 1.165) is 5.56 Å². The number of aromatic nitrogens is 2. The first-order chi connectivity index (χ1) is 13.5. The number of phenolic OH excluding ortho intramolecular Hbond substituents is 1. The van der Waals surface area contributed by atoms with Crippen LogP contribution in [0, 0.1) is 0 Å². The number of halogens is 1. The molecule has 0 fully saturated rings. The fourth-order valence-corrected chi connectivity index (χ4v) is 3.04. The van der Waals surface area contributed by atoms with Crippen molar-refractivity contribution in [2.45, 2.75) is 6.04 Å². The molecule has 0 saturated carbocycles. The molecule has 8 heteroatoms. The number of benzene rings is 2. The van der Waals surface area contributed by atoms with Crippen LogP contribution < -0.4 is 5.32 Å². The van der Waals surface area contributed by atoms with Crippen LogP contribution >= 0.6 is 15.9 Å². The second-order valence-corrected chi connectivity index (χ2v) is 6.96. The van der Waals surface area contributed by atoms with Crippen molar-refractivity contribution in [2.75, 3.05) is 6.61 Å². The fourth-order valence-electron chi connectivity index (χ4n) is 2.68. The molecule has 0 spiro atoms. The molecule has 1 amide bonds. The van der Waals surface area contributed by atoms with E-state index in [9.17, 15) is 14.7 Å². The second-order valence-electron chi connectivity index (χ2n) is 6.05. The Bertz CT molecular complexity index is 988. The number of hydrogen-bond donors (Lipinski definition) is 2. The molecule has 1 aromatic heterocycles. The Morgan fingerprint density at radius 2 is 2.00 bits per heavy atom. The first kappa shape index (κ1) is 19.6. The van der Waals surface area contributed by atoms with Gasteiger partial charge >= 0.3 is 5.97 Å². The minimum absolute atomic E-state index is 0.0223. The van der Waals surface area contributed by atoms with Gasteiger partial charge in [-0.25, -0.2) is 9.78 Å². The lowest BCUT2D eigenvalue weighted by atomic mass is 10.1. The van der Waals surface area contributed by atoms with E-state index in [4.69, 9.17) is 4.74 Å². The summed E-state index contributed by atoms with van der Waals surface area (Å²) in [6.45, 7) is -0.488. The first-order valence-electron chi connectivity index (χ1n) is 8.43. The van der Waals surface area contributed by atoms with Crippen LogP contribution in [0.1, 0.15) is 27.8 Å². The Kier molecular flexibility index (Phi) is 6.10. The van der Waals surface area contributed by atoms with Gasteiger partial charge in [0.2, 0.25) is 0 Å². The van der Waals surface area contributed by atoms with Gasteiger partial charge in [0.25, 0.3) is 5.91 Å². The van der Waals surface area contributed by atoms with Crippen molar-refractivity contribution in [1.29, 1.82) is 0 Å². The molecule has 0 aliphatic heterocycles.